The van der Waals surface area contributed by atoms with Gasteiger partial charge in [-0.05, 0) is 35.8 Å². The first-order valence-electron chi connectivity index (χ1n) is 7.85. The van der Waals surface area contributed by atoms with E-state index in [1.54, 1.807) is 7.11 Å². The average Bonchev–Trinajstić information content (AvgIpc) is 2.46. The Kier molecular flexibility index (Phi) is 7.17. The van der Waals surface area contributed by atoms with Gasteiger partial charge in [-0.25, -0.2) is 8.78 Å². The van der Waals surface area contributed by atoms with Crippen molar-refractivity contribution in [3.63, 3.8) is 0 Å². The molecule has 1 atom stereocenters. The highest BCUT2D eigenvalue weighted by Crippen LogP contribution is 2.36. The Morgan fingerprint density at radius 1 is 1.13 bits per heavy atom. The zero-order valence-corrected chi connectivity index (χ0v) is 16.0. The SMILES string of the molecule is COc1ccc(CNC(CO[Si](C)(C)C(C)(C)C)C(F)F)cc1. The lowest BCUT2D eigenvalue weighted by molar-refractivity contribution is 0.0672. The van der Waals surface area contributed by atoms with E-state index in [1.165, 1.54) is 0 Å². The summed E-state index contributed by atoms with van der Waals surface area (Å²) < 4.78 is 37.5. The van der Waals surface area contributed by atoms with Gasteiger partial charge in [0, 0.05) is 6.54 Å². The smallest absolute Gasteiger partial charge is 0.255 e. The summed E-state index contributed by atoms with van der Waals surface area (Å²) in [5, 5.41) is 2.91. The van der Waals surface area contributed by atoms with Gasteiger partial charge in [0.05, 0.1) is 19.8 Å². The third-order valence-corrected chi connectivity index (χ3v) is 8.96. The quantitative estimate of drug-likeness (QED) is 0.707. The fraction of sp³-hybridized carbons (Fsp3) is 0.647. The predicted molar refractivity (Wildman–Crippen MR) is 92.8 cm³/mol. The van der Waals surface area contributed by atoms with Gasteiger partial charge in [0.15, 0.2) is 8.32 Å². The van der Waals surface area contributed by atoms with Crippen LogP contribution in [0.1, 0.15) is 26.3 Å². The molecule has 0 aliphatic heterocycles. The maximum atomic E-state index is 13.2. The first-order valence-corrected chi connectivity index (χ1v) is 10.8. The van der Waals surface area contributed by atoms with E-state index in [1.807, 2.05) is 24.3 Å². The van der Waals surface area contributed by atoms with Crippen LogP contribution >= 0.6 is 0 Å². The van der Waals surface area contributed by atoms with E-state index in [-0.39, 0.29) is 11.6 Å². The fourth-order valence-electron chi connectivity index (χ4n) is 1.73. The van der Waals surface area contributed by atoms with Crippen LogP contribution in [-0.2, 0) is 11.0 Å². The monoisotopic (exact) mass is 345 g/mol. The summed E-state index contributed by atoms with van der Waals surface area (Å²) >= 11 is 0. The van der Waals surface area contributed by atoms with Crippen molar-refractivity contribution >= 4 is 8.32 Å². The number of rotatable bonds is 8. The van der Waals surface area contributed by atoms with Gasteiger partial charge in [0.2, 0.25) is 0 Å². The molecule has 0 saturated carbocycles. The van der Waals surface area contributed by atoms with Crippen molar-refractivity contribution in [1.82, 2.24) is 5.32 Å². The number of halogens is 2. The van der Waals surface area contributed by atoms with E-state index in [4.69, 9.17) is 9.16 Å². The number of alkyl halides is 2. The molecule has 132 valence electrons. The van der Waals surface area contributed by atoms with E-state index in [2.05, 4.69) is 39.2 Å². The minimum atomic E-state index is -2.46. The largest absolute Gasteiger partial charge is 0.497 e. The molecule has 6 heteroatoms. The lowest BCUT2D eigenvalue weighted by Crippen LogP contribution is -2.47. The van der Waals surface area contributed by atoms with Crippen LogP contribution < -0.4 is 10.1 Å². The molecule has 0 fully saturated rings. The second-order valence-electron chi connectivity index (χ2n) is 7.24. The summed E-state index contributed by atoms with van der Waals surface area (Å²) in [5.41, 5.74) is 0.934. The number of methoxy groups -OCH3 is 1. The van der Waals surface area contributed by atoms with Crippen molar-refractivity contribution in [2.24, 2.45) is 0 Å². The maximum absolute atomic E-state index is 13.2. The molecule has 0 heterocycles. The van der Waals surface area contributed by atoms with Gasteiger partial charge in [-0.3, -0.25) is 0 Å². The van der Waals surface area contributed by atoms with Gasteiger partial charge in [0.25, 0.3) is 6.43 Å². The first kappa shape index (κ1) is 20.1. The Labute approximate surface area is 139 Å². The van der Waals surface area contributed by atoms with Crippen molar-refractivity contribution in [1.29, 1.82) is 0 Å². The third-order valence-electron chi connectivity index (χ3n) is 4.46. The number of hydrogen-bond acceptors (Lipinski definition) is 3. The summed E-state index contributed by atoms with van der Waals surface area (Å²) in [6, 6.07) is 6.40. The highest BCUT2D eigenvalue weighted by Gasteiger charge is 2.38. The molecule has 0 aliphatic carbocycles. The molecule has 1 N–H and O–H groups in total. The second kappa shape index (κ2) is 8.21. The van der Waals surface area contributed by atoms with Crippen molar-refractivity contribution < 1.29 is 17.9 Å². The van der Waals surface area contributed by atoms with Gasteiger partial charge in [0.1, 0.15) is 5.75 Å². The fourth-order valence-corrected chi connectivity index (χ4v) is 2.76. The highest BCUT2D eigenvalue weighted by atomic mass is 28.4. The first-order chi connectivity index (χ1) is 10.6. The van der Waals surface area contributed by atoms with E-state index >= 15 is 0 Å². The molecular formula is C17H29F2NO2Si. The van der Waals surface area contributed by atoms with Crippen LogP contribution in [0, 0.1) is 0 Å². The lowest BCUT2D eigenvalue weighted by Gasteiger charge is -2.37. The number of ether oxygens (including phenoxy) is 1. The molecule has 0 aliphatic rings. The van der Waals surface area contributed by atoms with Crippen molar-refractivity contribution in [3.8, 4) is 5.75 Å². The Balaban J connectivity index is 2.58. The topological polar surface area (TPSA) is 30.5 Å². The highest BCUT2D eigenvalue weighted by molar-refractivity contribution is 6.74. The van der Waals surface area contributed by atoms with Gasteiger partial charge in [-0.15, -0.1) is 0 Å². The summed E-state index contributed by atoms with van der Waals surface area (Å²) in [5.74, 6) is 0.750. The number of benzene rings is 1. The number of nitrogens with one attached hydrogen (secondary N) is 1. The van der Waals surface area contributed by atoms with Crippen molar-refractivity contribution in [2.45, 2.75) is 57.9 Å². The summed E-state index contributed by atoms with van der Waals surface area (Å²) in [6.45, 7) is 10.8. The molecule has 1 rings (SSSR count). The minimum Gasteiger partial charge on any atom is -0.497 e. The van der Waals surface area contributed by atoms with Gasteiger partial charge >= 0.3 is 0 Å². The van der Waals surface area contributed by atoms with E-state index in [9.17, 15) is 8.78 Å². The van der Waals surface area contributed by atoms with Gasteiger partial charge in [-0.2, -0.15) is 0 Å². The van der Waals surface area contributed by atoms with Crippen LogP contribution in [0.15, 0.2) is 24.3 Å². The molecule has 1 aromatic carbocycles. The molecule has 0 bridgehead atoms. The molecule has 0 aromatic heterocycles. The summed E-state index contributed by atoms with van der Waals surface area (Å²) in [6.07, 6.45) is -2.46. The average molecular weight is 346 g/mol. The van der Waals surface area contributed by atoms with Crippen LogP contribution in [0.4, 0.5) is 8.78 Å². The summed E-state index contributed by atoms with van der Waals surface area (Å²) in [4.78, 5) is 0. The zero-order valence-electron chi connectivity index (χ0n) is 15.0. The zero-order chi connectivity index (χ0) is 17.7. The lowest BCUT2D eigenvalue weighted by atomic mass is 10.2. The maximum Gasteiger partial charge on any atom is 0.255 e. The van der Waals surface area contributed by atoms with Gasteiger partial charge in [-0.1, -0.05) is 32.9 Å². The van der Waals surface area contributed by atoms with Crippen LogP contribution in [-0.4, -0.2) is 34.5 Å². The molecule has 0 saturated heterocycles. The van der Waals surface area contributed by atoms with Crippen LogP contribution in [0.3, 0.4) is 0 Å². The van der Waals surface area contributed by atoms with E-state index < -0.39 is 20.8 Å². The third kappa shape index (κ3) is 6.20. The van der Waals surface area contributed by atoms with Crippen molar-refractivity contribution in [3.05, 3.63) is 29.8 Å². The molecule has 1 unspecified atom stereocenters. The Hall–Kier alpha value is -0.983. The molecule has 0 radical (unpaired) electrons. The van der Waals surface area contributed by atoms with E-state index in [0.29, 0.717) is 6.54 Å². The molecule has 3 nitrogen and oxygen atoms in total. The van der Waals surface area contributed by atoms with Crippen LogP contribution in [0.25, 0.3) is 0 Å². The molecule has 0 amide bonds. The van der Waals surface area contributed by atoms with Crippen molar-refractivity contribution in [2.75, 3.05) is 13.7 Å². The number of hydrogen-bond donors (Lipinski definition) is 1. The minimum absolute atomic E-state index is 0.00958. The Bertz CT molecular complexity index is 472. The van der Waals surface area contributed by atoms with Crippen LogP contribution in [0.5, 0.6) is 5.75 Å². The molecule has 0 spiro atoms. The Morgan fingerprint density at radius 2 is 1.70 bits per heavy atom. The van der Waals surface area contributed by atoms with E-state index in [0.717, 1.165) is 11.3 Å². The standard InChI is InChI=1S/C17H29F2NO2Si/c1-17(2,3)23(5,6)22-12-15(16(18)19)20-11-13-7-9-14(21-4)10-8-13/h7-10,15-16,20H,11-12H2,1-6H3. The Morgan fingerprint density at radius 3 is 2.13 bits per heavy atom. The van der Waals surface area contributed by atoms with Crippen LogP contribution in [0.2, 0.25) is 18.1 Å². The summed E-state index contributed by atoms with van der Waals surface area (Å²) in [7, 11) is -0.429. The molecular weight excluding hydrogens is 316 g/mol. The predicted octanol–water partition coefficient (Wildman–Crippen LogP) is 4.44. The second-order valence-corrected chi connectivity index (χ2v) is 12.1. The molecule has 23 heavy (non-hydrogen) atoms. The normalized spacial score (nSPS) is 14.1. The molecule has 1 aromatic rings. The van der Waals surface area contributed by atoms with Gasteiger partial charge < -0.3 is 14.5 Å².